The summed E-state index contributed by atoms with van der Waals surface area (Å²) in [5.41, 5.74) is -0.109. The zero-order valence-corrected chi connectivity index (χ0v) is 12.2. The number of hydrogen-bond acceptors (Lipinski definition) is 7. The summed E-state index contributed by atoms with van der Waals surface area (Å²) in [5, 5.41) is 16.7. The number of likely N-dealkylation sites (N-methyl/N-ethyl adjacent to an activating group) is 1. The van der Waals surface area contributed by atoms with Gasteiger partial charge >= 0.3 is 5.69 Å². The van der Waals surface area contributed by atoms with Gasteiger partial charge in [0.1, 0.15) is 6.20 Å². The third-order valence-corrected chi connectivity index (χ3v) is 2.90. The Labute approximate surface area is 118 Å². The molecule has 1 aromatic heterocycles. The van der Waals surface area contributed by atoms with E-state index in [1.165, 1.54) is 6.20 Å². The summed E-state index contributed by atoms with van der Waals surface area (Å²) in [4.78, 5) is 20.7. The van der Waals surface area contributed by atoms with Crippen LogP contribution in [-0.2, 0) is 0 Å². The van der Waals surface area contributed by atoms with Crippen LogP contribution in [0.1, 0.15) is 20.3 Å². The average Bonchev–Trinajstić information content (AvgIpc) is 2.45. The number of nitro groups is 1. The molecule has 0 amide bonds. The van der Waals surface area contributed by atoms with Gasteiger partial charge in [-0.15, -0.1) is 0 Å². The van der Waals surface area contributed by atoms with Crippen LogP contribution in [0.4, 0.5) is 17.5 Å². The van der Waals surface area contributed by atoms with Gasteiger partial charge in [-0.2, -0.15) is 4.98 Å². The third-order valence-electron chi connectivity index (χ3n) is 2.90. The summed E-state index contributed by atoms with van der Waals surface area (Å²) >= 11 is 0. The predicted molar refractivity (Wildman–Crippen MR) is 79.1 cm³/mol. The van der Waals surface area contributed by atoms with Crippen molar-refractivity contribution in [2.45, 2.75) is 20.3 Å². The zero-order chi connectivity index (χ0) is 15.0. The van der Waals surface area contributed by atoms with Crippen molar-refractivity contribution in [1.29, 1.82) is 0 Å². The van der Waals surface area contributed by atoms with Crippen LogP contribution in [0.15, 0.2) is 6.20 Å². The molecule has 0 aliphatic carbocycles. The molecule has 0 aliphatic heterocycles. The largest absolute Gasteiger partial charge is 0.363 e. The predicted octanol–water partition coefficient (Wildman–Crippen LogP) is 1.57. The van der Waals surface area contributed by atoms with E-state index in [2.05, 4.69) is 39.3 Å². The first kappa shape index (κ1) is 16.1. The molecule has 0 aliphatic rings. The maximum atomic E-state index is 10.9. The SMILES string of the molecule is CCCN(CC)CCNc1nc(NC)ncc1[N+](=O)[O-]. The summed E-state index contributed by atoms with van der Waals surface area (Å²) in [6.45, 7) is 7.64. The second kappa shape index (κ2) is 8.26. The number of anilines is 2. The van der Waals surface area contributed by atoms with Crippen molar-refractivity contribution in [2.75, 3.05) is 43.9 Å². The number of hydrogen-bond donors (Lipinski definition) is 2. The number of rotatable bonds is 9. The van der Waals surface area contributed by atoms with E-state index >= 15 is 0 Å². The molecule has 0 fully saturated rings. The molecule has 1 rings (SSSR count). The van der Waals surface area contributed by atoms with Crippen LogP contribution in [-0.4, -0.2) is 53.0 Å². The van der Waals surface area contributed by atoms with E-state index in [4.69, 9.17) is 0 Å². The van der Waals surface area contributed by atoms with Crippen LogP contribution in [0.5, 0.6) is 0 Å². The summed E-state index contributed by atoms with van der Waals surface area (Å²) in [5.74, 6) is 0.612. The molecule has 8 heteroatoms. The lowest BCUT2D eigenvalue weighted by atomic mass is 10.4. The molecule has 0 saturated carbocycles. The number of aromatic nitrogens is 2. The van der Waals surface area contributed by atoms with Gasteiger partial charge < -0.3 is 15.5 Å². The minimum Gasteiger partial charge on any atom is -0.363 e. The molecule has 0 saturated heterocycles. The quantitative estimate of drug-likeness (QED) is 0.524. The first-order valence-electron chi connectivity index (χ1n) is 6.77. The van der Waals surface area contributed by atoms with E-state index < -0.39 is 4.92 Å². The van der Waals surface area contributed by atoms with Gasteiger partial charge in [0.05, 0.1) is 4.92 Å². The van der Waals surface area contributed by atoms with E-state index in [1.54, 1.807) is 7.05 Å². The van der Waals surface area contributed by atoms with Crippen LogP contribution >= 0.6 is 0 Å². The lowest BCUT2D eigenvalue weighted by Gasteiger charge is -2.19. The monoisotopic (exact) mass is 282 g/mol. The van der Waals surface area contributed by atoms with Gasteiger partial charge in [-0.3, -0.25) is 10.1 Å². The van der Waals surface area contributed by atoms with Crippen LogP contribution in [0.3, 0.4) is 0 Å². The van der Waals surface area contributed by atoms with Gasteiger partial charge in [-0.05, 0) is 19.5 Å². The van der Waals surface area contributed by atoms with Gasteiger partial charge in [-0.25, -0.2) is 4.98 Å². The van der Waals surface area contributed by atoms with E-state index in [9.17, 15) is 10.1 Å². The number of nitrogens with zero attached hydrogens (tertiary/aromatic N) is 4. The Balaban J connectivity index is 2.67. The van der Waals surface area contributed by atoms with E-state index in [1.807, 2.05) is 0 Å². The fourth-order valence-electron chi connectivity index (χ4n) is 1.84. The van der Waals surface area contributed by atoms with Crippen molar-refractivity contribution in [2.24, 2.45) is 0 Å². The Kier molecular flexibility index (Phi) is 6.65. The molecule has 0 bridgehead atoms. The summed E-state index contributed by atoms with van der Waals surface area (Å²) < 4.78 is 0. The smallest absolute Gasteiger partial charge is 0.329 e. The molecule has 112 valence electrons. The van der Waals surface area contributed by atoms with Crippen molar-refractivity contribution in [3.8, 4) is 0 Å². The molecule has 1 heterocycles. The topological polar surface area (TPSA) is 96.2 Å². The van der Waals surface area contributed by atoms with Gasteiger partial charge in [0.2, 0.25) is 11.8 Å². The standard InChI is InChI=1S/C12H22N6O2/c1-4-7-17(5-2)8-6-14-11-10(18(19)20)9-15-12(13-3)16-11/h9H,4-8H2,1-3H3,(H2,13,14,15,16). The van der Waals surface area contributed by atoms with Gasteiger partial charge in [0.15, 0.2) is 0 Å². The lowest BCUT2D eigenvalue weighted by Crippen LogP contribution is -2.30. The van der Waals surface area contributed by atoms with Crippen molar-refractivity contribution in [3.63, 3.8) is 0 Å². The summed E-state index contributed by atoms with van der Waals surface area (Å²) in [7, 11) is 1.67. The molecule has 2 N–H and O–H groups in total. The summed E-state index contributed by atoms with van der Waals surface area (Å²) in [6.07, 6.45) is 2.30. The van der Waals surface area contributed by atoms with Crippen LogP contribution in [0.2, 0.25) is 0 Å². The van der Waals surface area contributed by atoms with E-state index in [0.29, 0.717) is 12.5 Å². The summed E-state index contributed by atoms with van der Waals surface area (Å²) in [6, 6.07) is 0. The first-order chi connectivity index (χ1) is 9.62. The first-order valence-corrected chi connectivity index (χ1v) is 6.77. The molecule has 0 aromatic carbocycles. The van der Waals surface area contributed by atoms with Crippen molar-refractivity contribution >= 4 is 17.5 Å². The Morgan fingerprint density at radius 2 is 2.15 bits per heavy atom. The second-order valence-corrected chi connectivity index (χ2v) is 4.30. The van der Waals surface area contributed by atoms with Crippen molar-refractivity contribution < 1.29 is 4.92 Å². The molecular formula is C12H22N6O2. The van der Waals surface area contributed by atoms with Crippen molar-refractivity contribution in [1.82, 2.24) is 14.9 Å². The highest BCUT2D eigenvalue weighted by molar-refractivity contribution is 5.56. The minimum atomic E-state index is -0.481. The van der Waals surface area contributed by atoms with Crippen LogP contribution in [0, 0.1) is 10.1 Å². The van der Waals surface area contributed by atoms with Crippen LogP contribution < -0.4 is 10.6 Å². The van der Waals surface area contributed by atoms with Gasteiger partial charge in [0, 0.05) is 20.1 Å². The minimum absolute atomic E-state index is 0.109. The third kappa shape index (κ3) is 4.61. The van der Waals surface area contributed by atoms with Crippen molar-refractivity contribution in [3.05, 3.63) is 16.3 Å². The Hall–Kier alpha value is -1.96. The fourth-order valence-corrected chi connectivity index (χ4v) is 1.84. The molecule has 0 radical (unpaired) electrons. The maximum absolute atomic E-state index is 10.9. The molecular weight excluding hydrogens is 260 g/mol. The highest BCUT2D eigenvalue weighted by atomic mass is 16.6. The van der Waals surface area contributed by atoms with Gasteiger partial charge in [-0.1, -0.05) is 13.8 Å². The molecule has 0 atom stereocenters. The molecule has 8 nitrogen and oxygen atoms in total. The zero-order valence-electron chi connectivity index (χ0n) is 12.2. The fraction of sp³-hybridized carbons (Fsp3) is 0.667. The maximum Gasteiger partial charge on any atom is 0.329 e. The van der Waals surface area contributed by atoms with Crippen LogP contribution in [0.25, 0.3) is 0 Å². The average molecular weight is 282 g/mol. The molecule has 20 heavy (non-hydrogen) atoms. The van der Waals surface area contributed by atoms with E-state index in [0.717, 1.165) is 26.1 Å². The highest BCUT2D eigenvalue weighted by Crippen LogP contribution is 2.21. The Morgan fingerprint density at radius 1 is 1.40 bits per heavy atom. The highest BCUT2D eigenvalue weighted by Gasteiger charge is 2.16. The lowest BCUT2D eigenvalue weighted by molar-refractivity contribution is -0.384. The second-order valence-electron chi connectivity index (χ2n) is 4.30. The Morgan fingerprint density at radius 3 is 2.70 bits per heavy atom. The Bertz CT molecular complexity index is 440. The molecule has 0 unspecified atom stereocenters. The van der Waals surface area contributed by atoms with Gasteiger partial charge in [0.25, 0.3) is 0 Å². The number of nitrogens with one attached hydrogen (secondary N) is 2. The normalized spacial score (nSPS) is 10.6. The molecule has 0 spiro atoms. The molecule has 1 aromatic rings. The van der Waals surface area contributed by atoms with E-state index in [-0.39, 0.29) is 11.5 Å².